The number of sulfonamides is 1. The average molecular weight is 298 g/mol. The third kappa shape index (κ3) is 3.71. The number of benzene rings is 1. The topological polar surface area (TPSA) is 84.5 Å². The van der Waals surface area contributed by atoms with Crippen LogP contribution in [-0.4, -0.2) is 34.5 Å². The van der Waals surface area contributed by atoms with Gasteiger partial charge in [-0.15, -0.1) is 0 Å². The van der Waals surface area contributed by atoms with Crippen molar-refractivity contribution in [2.75, 3.05) is 20.2 Å². The summed E-state index contributed by atoms with van der Waals surface area (Å²) in [4.78, 5) is 11.5. The number of para-hydroxylation sites is 1. The highest BCUT2D eigenvalue weighted by atomic mass is 32.2. The number of ether oxygens (including phenoxy) is 1. The summed E-state index contributed by atoms with van der Waals surface area (Å²) >= 11 is 0. The van der Waals surface area contributed by atoms with Crippen LogP contribution in [0.5, 0.6) is 5.75 Å². The van der Waals surface area contributed by atoms with Crippen molar-refractivity contribution >= 4 is 15.9 Å². The van der Waals surface area contributed by atoms with Gasteiger partial charge in [0.2, 0.25) is 15.9 Å². The van der Waals surface area contributed by atoms with Gasteiger partial charge in [-0.25, -0.2) is 13.1 Å². The summed E-state index contributed by atoms with van der Waals surface area (Å²) in [7, 11) is -2.21. The number of methoxy groups -OCH3 is 1. The fraction of sp³-hybridized carbons (Fsp3) is 0.462. The van der Waals surface area contributed by atoms with E-state index in [9.17, 15) is 13.2 Å². The van der Waals surface area contributed by atoms with Crippen molar-refractivity contribution < 1.29 is 17.9 Å². The van der Waals surface area contributed by atoms with Crippen molar-refractivity contribution in [1.82, 2.24) is 10.0 Å². The quantitative estimate of drug-likeness (QED) is 0.718. The highest BCUT2D eigenvalue weighted by Gasteiger charge is 2.29. The van der Waals surface area contributed by atoms with Gasteiger partial charge in [0.25, 0.3) is 0 Å². The highest BCUT2D eigenvalue weighted by molar-refractivity contribution is 7.89. The smallest absolute Gasteiger partial charge is 0.244 e. The molecule has 0 heterocycles. The van der Waals surface area contributed by atoms with Crippen LogP contribution in [-0.2, 0) is 14.8 Å². The lowest BCUT2D eigenvalue weighted by atomic mass is 10.3. The van der Waals surface area contributed by atoms with Gasteiger partial charge in [0.05, 0.1) is 7.11 Å². The van der Waals surface area contributed by atoms with Crippen LogP contribution in [0, 0.1) is 5.92 Å². The molecule has 20 heavy (non-hydrogen) atoms. The van der Waals surface area contributed by atoms with Crippen molar-refractivity contribution in [3.63, 3.8) is 0 Å². The molecule has 110 valence electrons. The summed E-state index contributed by atoms with van der Waals surface area (Å²) in [6.45, 7) is 0.433. The second kappa shape index (κ2) is 6.23. The second-order valence-corrected chi connectivity index (χ2v) is 6.35. The van der Waals surface area contributed by atoms with Crippen molar-refractivity contribution in [1.29, 1.82) is 0 Å². The Bertz CT molecular complexity index is 582. The Morgan fingerprint density at radius 2 is 2.00 bits per heavy atom. The molecule has 1 aliphatic rings. The average Bonchev–Trinajstić information content (AvgIpc) is 3.28. The molecule has 0 aromatic heterocycles. The first-order valence-electron chi connectivity index (χ1n) is 6.45. The van der Waals surface area contributed by atoms with E-state index in [0.717, 1.165) is 12.8 Å². The molecule has 2 rings (SSSR count). The predicted molar refractivity (Wildman–Crippen MR) is 73.9 cm³/mol. The van der Waals surface area contributed by atoms with Crippen LogP contribution in [0.1, 0.15) is 12.8 Å². The molecule has 1 aromatic carbocycles. The van der Waals surface area contributed by atoms with Gasteiger partial charge in [0.15, 0.2) is 0 Å². The molecule has 7 heteroatoms. The van der Waals surface area contributed by atoms with Crippen LogP contribution in [0.15, 0.2) is 29.2 Å². The highest BCUT2D eigenvalue weighted by Crippen LogP contribution is 2.28. The van der Waals surface area contributed by atoms with Crippen LogP contribution in [0.25, 0.3) is 0 Å². The number of hydrogen-bond acceptors (Lipinski definition) is 4. The fourth-order valence-electron chi connectivity index (χ4n) is 1.78. The van der Waals surface area contributed by atoms with Gasteiger partial charge >= 0.3 is 0 Å². The van der Waals surface area contributed by atoms with Crippen LogP contribution < -0.4 is 14.8 Å². The molecule has 0 saturated heterocycles. The minimum atomic E-state index is -3.63. The normalized spacial score (nSPS) is 14.8. The van der Waals surface area contributed by atoms with E-state index in [1.165, 1.54) is 13.2 Å². The number of nitrogens with one attached hydrogen (secondary N) is 2. The molecule has 0 spiro atoms. The maximum Gasteiger partial charge on any atom is 0.244 e. The Kier molecular flexibility index (Phi) is 4.61. The predicted octanol–water partition coefficient (Wildman–Crippen LogP) is 0.500. The maximum atomic E-state index is 12.1. The Labute approximate surface area is 118 Å². The molecule has 1 aromatic rings. The number of rotatable bonds is 7. The second-order valence-electron chi connectivity index (χ2n) is 4.61. The summed E-state index contributed by atoms with van der Waals surface area (Å²) in [6, 6.07) is 6.40. The summed E-state index contributed by atoms with van der Waals surface area (Å²) in [5.74, 6) is 0.421. The van der Waals surface area contributed by atoms with E-state index in [2.05, 4.69) is 10.0 Å². The molecule has 0 unspecified atom stereocenters. The molecule has 1 amide bonds. The lowest BCUT2D eigenvalue weighted by Gasteiger charge is -2.10. The third-order valence-electron chi connectivity index (χ3n) is 3.02. The molecular formula is C13H18N2O4S. The van der Waals surface area contributed by atoms with E-state index < -0.39 is 10.0 Å². The van der Waals surface area contributed by atoms with Gasteiger partial charge in [-0.2, -0.15) is 0 Å². The minimum Gasteiger partial charge on any atom is -0.495 e. The van der Waals surface area contributed by atoms with Crippen molar-refractivity contribution in [2.45, 2.75) is 17.7 Å². The van der Waals surface area contributed by atoms with Gasteiger partial charge in [-0.3, -0.25) is 4.79 Å². The number of amides is 1. The van der Waals surface area contributed by atoms with Gasteiger partial charge in [0, 0.05) is 19.0 Å². The SMILES string of the molecule is COc1ccccc1S(=O)(=O)NCCNC(=O)C1CC1. The molecule has 1 fully saturated rings. The number of hydrogen-bond donors (Lipinski definition) is 2. The zero-order valence-corrected chi connectivity index (χ0v) is 12.1. The van der Waals surface area contributed by atoms with Crippen molar-refractivity contribution in [2.24, 2.45) is 5.92 Å². The van der Waals surface area contributed by atoms with Gasteiger partial charge in [0.1, 0.15) is 10.6 Å². The van der Waals surface area contributed by atoms with Gasteiger partial charge in [-0.05, 0) is 25.0 Å². The molecule has 0 bridgehead atoms. The maximum absolute atomic E-state index is 12.1. The summed E-state index contributed by atoms with van der Waals surface area (Å²) in [5, 5.41) is 2.70. The van der Waals surface area contributed by atoms with E-state index in [-0.39, 0.29) is 29.8 Å². The summed E-state index contributed by atoms with van der Waals surface area (Å²) in [6.07, 6.45) is 1.86. The first-order chi connectivity index (χ1) is 9.54. The number of carbonyl (C=O) groups is 1. The summed E-state index contributed by atoms with van der Waals surface area (Å²) < 4.78 is 31.7. The van der Waals surface area contributed by atoms with E-state index in [0.29, 0.717) is 5.75 Å². The Morgan fingerprint density at radius 1 is 1.30 bits per heavy atom. The fourth-order valence-corrected chi connectivity index (χ4v) is 2.98. The first-order valence-corrected chi connectivity index (χ1v) is 7.93. The zero-order valence-electron chi connectivity index (χ0n) is 11.3. The van der Waals surface area contributed by atoms with Crippen LogP contribution >= 0.6 is 0 Å². The van der Waals surface area contributed by atoms with E-state index in [1.807, 2.05) is 0 Å². The monoisotopic (exact) mass is 298 g/mol. The Morgan fingerprint density at radius 3 is 2.65 bits per heavy atom. The van der Waals surface area contributed by atoms with Crippen LogP contribution in [0.4, 0.5) is 0 Å². The largest absolute Gasteiger partial charge is 0.495 e. The summed E-state index contributed by atoms with van der Waals surface area (Å²) in [5.41, 5.74) is 0. The molecule has 1 aliphatic carbocycles. The van der Waals surface area contributed by atoms with Crippen LogP contribution in [0.3, 0.4) is 0 Å². The Hall–Kier alpha value is -1.60. The van der Waals surface area contributed by atoms with Crippen molar-refractivity contribution in [3.8, 4) is 5.75 Å². The van der Waals surface area contributed by atoms with E-state index in [1.54, 1.807) is 18.2 Å². The lowest BCUT2D eigenvalue weighted by Crippen LogP contribution is -2.35. The first kappa shape index (κ1) is 14.8. The van der Waals surface area contributed by atoms with Crippen LogP contribution in [0.2, 0.25) is 0 Å². The van der Waals surface area contributed by atoms with Gasteiger partial charge in [-0.1, -0.05) is 12.1 Å². The number of carbonyl (C=O) groups excluding carboxylic acids is 1. The lowest BCUT2D eigenvalue weighted by molar-refractivity contribution is -0.122. The molecule has 0 radical (unpaired) electrons. The molecular weight excluding hydrogens is 280 g/mol. The molecule has 0 atom stereocenters. The van der Waals surface area contributed by atoms with E-state index >= 15 is 0 Å². The van der Waals surface area contributed by atoms with E-state index in [4.69, 9.17) is 4.74 Å². The van der Waals surface area contributed by atoms with Crippen molar-refractivity contribution in [3.05, 3.63) is 24.3 Å². The molecule has 0 aliphatic heterocycles. The minimum absolute atomic E-state index is 0.00138. The third-order valence-corrected chi connectivity index (χ3v) is 4.52. The van der Waals surface area contributed by atoms with Gasteiger partial charge < -0.3 is 10.1 Å². The molecule has 1 saturated carbocycles. The Balaban J connectivity index is 1.88. The molecule has 2 N–H and O–H groups in total. The molecule has 6 nitrogen and oxygen atoms in total. The zero-order chi connectivity index (χ0) is 14.6. The standard InChI is InChI=1S/C13H18N2O4S/c1-19-11-4-2-3-5-12(11)20(17,18)15-9-8-14-13(16)10-6-7-10/h2-5,10,15H,6-9H2,1H3,(H,14,16).